The molecule has 0 bridgehead atoms. The summed E-state index contributed by atoms with van der Waals surface area (Å²) in [7, 11) is 0. The number of hydrogen-bond acceptors (Lipinski definition) is 7. The topological polar surface area (TPSA) is 76.5 Å². The largest absolute Gasteiger partial charge is 0.371 e. The first-order valence-electron chi connectivity index (χ1n) is 16.8. The standard InChI is InChI=1S/C37H52N6S/c1-7-12-13-14-15-16-31-17-19-33(20-18-31)39-41-36-24-32(25-38)37(44-36)42-40-35-22-21-34(23-28(35)6)43(26-29(8-2)9-3)27-30(10-4)11-5/h17-24,29-30H,7-16,26-27H2,1-6H3/b41-39?,42-40+. The van der Waals surface area contributed by atoms with Gasteiger partial charge in [0.25, 0.3) is 0 Å². The van der Waals surface area contributed by atoms with Crippen molar-refractivity contribution in [3.05, 3.63) is 65.2 Å². The first-order chi connectivity index (χ1) is 21.4. The van der Waals surface area contributed by atoms with Crippen LogP contribution in [0.15, 0.2) is 69.0 Å². The van der Waals surface area contributed by atoms with Crippen molar-refractivity contribution in [2.45, 2.75) is 106 Å². The summed E-state index contributed by atoms with van der Waals surface area (Å²) in [5.41, 5.74) is 5.72. The smallest absolute Gasteiger partial charge is 0.158 e. The van der Waals surface area contributed by atoms with Crippen LogP contribution in [0.4, 0.5) is 27.1 Å². The third kappa shape index (κ3) is 11.0. The molecule has 1 aromatic heterocycles. The molecule has 0 saturated heterocycles. The molecule has 0 unspecified atom stereocenters. The minimum Gasteiger partial charge on any atom is -0.371 e. The molecule has 0 aliphatic rings. The van der Waals surface area contributed by atoms with Crippen LogP contribution >= 0.6 is 11.3 Å². The first kappa shape index (κ1) is 35.1. The Bertz CT molecular complexity index is 1350. The molecule has 0 radical (unpaired) electrons. The summed E-state index contributed by atoms with van der Waals surface area (Å²) >= 11 is 1.33. The van der Waals surface area contributed by atoms with Gasteiger partial charge in [0.05, 0.1) is 16.9 Å². The highest BCUT2D eigenvalue weighted by Crippen LogP contribution is 2.38. The van der Waals surface area contributed by atoms with E-state index >= 15 is 0 Å². The average molecular weight is 613 g/mol. The fraction of sp³-hybridized carbons (Fsp3) is 0.541. The van der Waals surface area contributed by atoms with Crippen LogP contribution in [-0.4, -0.2) is 13.1 Å². The van der Waals surface area contributed by atoms with Gasteiger partial charge in [-0.3, -0.25) is 0 Å². The molecule has 0 aliphatic carbocycles. The molecule has 0 spiro atoms. The summed E-state index contributed by atoms with van der Waals surface area (Å²) in [6.07, 6.45) is 12.3. The molecule has 0 saturated carbocycles. The van der Waals surface area contributed by atoms with Crippen molar-refractivity contribution in [1.29, 1.82) is 5.26 Å². The lowest BCUT2D eigenvalue weighted by Crippen LogP contribution is -2.33. The lowest BCUT2D eigenvalue weighted by Gasteiger charge is -2.32. The van der Waals surface area contributed by atoms with Crippen molar-refractivity contribution < 1.29 is 0 Å². The van der Waals surface area contributed by atoms with Gasteiger partial charge >= 0.3 is 0 Å². The minimum atomic E-state index is 0.460. The van der Waals surface area contributed by atoms with Crippen LogP contribution in [0.25, 0.3) is 0 Å². The summed E-state index contributed by atoms with van der Waals surface area (Å²) in [5, 5.41) is 28.7. The molecular weight excluding hydrogens is 561 g/mol. The number of rotatable bonds is 19. The highest BCUT2D eigenvalue weighted by Gasteiger charge is 2.17. The van der Waals surface area contributed by atoms with Crippen LogP contribution in [0.2, 0.25) is 0 Å². The summed E-state index contributed by atoms with van der Waals surface area (Å²) in [5.74, 6) is 1.37. The van der Waals surface area contributed by atoms with E-state index in [4.69, 9.17) is 0 Å². The molecule has 0 amide bonds. The fourth-order valence-corrected chi connectivity index (χ4v) is 6.14. The molecule has 6 nitrogen and oxygen atoms in total. The zero-order valence-electron chi connectivity index (χ0n) is 27.9. The molecule has 2 aromatic carbocycles. The number of azo groups is 2. The Kier molecular flexibility index (Phi) is 15.2. The minimum absolute atomic E-state index is 0.460. The van der Waals surface area contributed by atoms with Crippen molar-refractivity contribution in [2.24, 2.45) is 32.3 Å². The van der Waals surface area contributed by atoms with Crippen molar-refractivity contribution in [3.8, 4) is 6.07 Å². The zero-order chi connectivity index (χ0) is 31.7. The maximum Gasteiger partial charge on any atom is 0.158 e. The van der Waals surface area contributed by atoms with E-state index in [0.717, 1.165) is 36.4 Å². The van der Waals surface area contributed by atoms with Crippen LogP contribution in [0.1, 0.15) is 109 Å². The van der Waals surface area contributed by atoms with E-state index in [0.29, 0.717) is 27.4 Å². The Hall–Kier alpha value is -3.37. The summed E-state index contributed by atoms with van der Waals surface area (Å²) < 4.78 is 0. The monoisotopic (exact) mass is 612 g/mol. The highest BCUT2D eigenvalue weighted by atomic mass is 32.1. The normalized spacial score (nSPS) is 11.8. The van der Waals surface area contributed by atoms with Crippen LogP contribution in [0.3, 0.4) is 0 Å². The van der Waals surface area contributed by atoms with Crippen molar-refractivity contribution in [2.75, 3.05) is 18.0 Å². The van der Waals surface area contributed by atoms with E-state index in [1.807, 2.05) is 12.1 Å². The number of thiophene rings is 1. The SMILES string of the molecule is CCCCCCCc1ccc(N=Nc2cc(C#N)c(/N=N/c3ccc(N(CC(CC)CC)CC(CC)CC)cc3C)s2)cc1. The molecule has 44 heavy (non-hydrogen) atoms. The van der Waals surface area contributed by atoms with E-state index in [2.05, 4.69) is 103 Å². The van der Waals surface area contributed by atoms with Crippen LogP contribution in [0.5, 0.6) is 0 Å². The van der Waals surface area contributed by atoms with Gasteiger partial charge in [-0.15, -0.1) is 20.5 Å². The predicted octanol–water partition coefficient (Wildman–Crippen LogP) is 13.0. The van der Waals surface area contributed by atoms with Gasteiger partial charge in [0.2, 0.25) is 0 Å². The van der Waals surface area contributed by atoms with Gasteiger partial charge in [0, 0.05) is 18.8 Å². The van der Waals surface area contributed by atoms with Gasteiger partial charge in [-0.25, -0.2) is 0 Å². The average Bonchev–Trinajstić information content (AvgIpc) is 3.46. The molecule has 0 atom stereocenters. The third-order valence-corrected chi connectivity index (χ3v) is 9.55. The Balaban J connectivity index is 1.69. The molecular formula is C37H52N6S. The van der Waals surface area contributed by atoms with Crippen molar-refractivity contribution in [3.63, 3.8) is 0 Å². The molecule has 236 valence electrons. The van der Waals surface area contributed by atoms with E-state index in [-0.39, 0.29) is 0 Å². The summed E-state index contributed by atoms with van der Waals surface area (Å²) in [6.45, 7) is 15.6. The second-order valence-corrected chi connectivity index (χ2v) is 12.9. The fourth-order valence-electron chi connectivity index (χ4n) is 5.39. The first-order valence-corrected chi connectivity index (χ1v) is 17.6. The van der Waals surface area contributed by atoms with E-state index in [1.165, 1.54) is 80.4 Å². The Labute approximate surface area is 270 Å². The molecule has 7 heteroatoms. The molecule has 3 aromatic rings. The van der Waals surface area contributed by atoms with E-state index in [9.17, 15) is 5.26 Å². The number of nitriles is 1. The number of hydrogen-bond donors (Lipinski definition) is 0. The molecule has 3 rings (SSSR count). The predicted molar refractivity (Wildman–Crippen MR) is 188 cm³/mol. The van der Waals surface area contributed by atoms with Crippen molar-refractivity contribution in [1.82, 2.24) is 0 Å². The summed E-state index contributed by atoms with van der Waals surface area (Å²) in [4.78, 5) is 2.57. The Morgan fingerprint density at radius 3 is 2.00 bits per heavy atom. The van der Waals surface area contributed by atoms with Gasteiger partial charge in [0.15, 0.2) is 5.00 Å². The lowest BCUT2D eigenvalue weighted by molar-refractivity contribution is 0.434. The number of aryl methyl sites for hydroxylation is 2. The quantitative estimate of drug-likeness (QED) is 0.0997. The van der Waals surface area contributed by atoms with Crippen LogP contribution < -0.4 is 4.90 Å². The third-order valence-electron chi connectivity index (χ3n) is 8.65. The zero-order valence-corrected chi connectivity index (χ0v) is 28.7. The van der Waals surface area contributed by atoms with Crippen molar-refractivity contribution >= 4 is 38.4 Å². The maximum absolute atomic E-state index is 9.72. The van der Waals surface area contributed by atoms with E-state index < -0.39 is 0 Å². The molecule has 0 aliphatic heterocycles. The van der Waals surface area contributed by atoms with Crippen LogP contribution in [-0.2, 0) is 6.42 Å². The lowest BCUT2D eigenvalue weighted by atomic mass is 9.98. The number of unbranched alkanes of at least 4 members (excludes halogenated alkanes) is 4. The van der Waals surface area contributed by atoms with Gasteiger partial charge < -0.3 is 4.90 Å². The molecule has 1 heterocycles. The number of benzene rings is 2. The molecule has 0 fully saturated rings. The van der Waals surface area contributed by atoms with Gasteiger partial charge in [0.1, 0.15) is 11.1 Å². The van der Waals surface area contributed by atoms with Gasteiger partial charge in [-0.2, -0.15) is 5.26 Å². The number of anilines is 1. The second kappa shape index (κ2) is 19.1. The Morgan fingerprint density at radius 1 is 0.750 bits per heavy atom. The maximum atomic E-state index is 9.72. The highest BCUT2D eigenvalue weighted by molar-refractivity contribution is 7.19. The second-order valence-electron chi connectivity index (χ2n) is 11.9. The van der Waals surface area contributed by atoms with Crippen LogP contribution in [0, 0.1) is 30.1 Å². The molecule has 0 N–H and O–H groups in total. The van der Waals surface area contributed by atoms with Gasteiger partial charge in [-0.1, -0.05) is 109 Å². The van der Waals surface area contributed by atoms with E-state index in [1.54, 1.807) is 6.07 Å². The number of nitrogens with zero attached hydrogens (tertiary/aromatic N) is 6. The Morgan fingerprint density at radius 2 is 1.41 bits per heavy atom. The van der Waals surface area contributed by atoms with Gasteiger partial charge in [-0.05, 0) is 79.1 Å². The summed E-state index contributed by atoms with van der Waals surface area (Å²) in [6, 6.07) is 18.7.